The quantitative estimate of drug-likeness (QED) is 0.351. The molecule has 0 aliphatic rings. The Morgan fingerprint density at radius 1 is 1.08 bits per heavy atom. The Morgan fingerprint density at radius 2 is 1.86 bits per heavy atom. The number of halogens is 1. The van der Waals surface area contributed by atoms with Gasteiger partial charge in [-0.1, -0.05) is 36.4 Å². The van der Waals surface area contributed by atoms with Crippen LogP contribution in [0.2, 0.25) is 0 Å². The number of nitrogens with zero attached hydrogens (tertiary/aromatic N) is 3. The van der Waals surface area contributed by atoms with Crippen molar-refractivity contribution in [1.29, 1.82) is 0 Å². The summed E-state index contributed by atoms with van der Waals surface area (Å²) in [5.74, 6) is -0.293. The summed E-state index contributed by atoms with van der Waals surface area (Å²) in [4.78, 5) is 17.5. The zero-order valence-corrected chi connectivity index (χ0v) is 19.4. The number of carbonyl (C=O) groups is 1. The second-order valence-corrected chi connectivity index (χ2v) is 8.18. The van der Waals surface area contributed by atoms with Crippen LogP contribution in [0.1, 0.15) is 22.0 Å². The number of aliphatic hydroxyl groups excluding tert-OH is 1. The second-order valence-electron chi connectivity index (χ2n) is 8.18. The number of nitrogens with one attached hydrogen (secondary N) is 1. The highest BCUT2D eigenvalue weighted by molar-refractivity contribution is 5.99. The summed E-state index contributed by atoms with van der Waals surface area (Å²) >= 11 is 0. The molecule has 3 aromatic carbocycles. The number of pyridine rings is 1. The number of hydrogen-bond acceptors (Lipinski definition) is 5. The van der Waals surface area contributed by atoms with E-state index in [0.717, 1.165) is 16.7 Å². The largest absolute Gasteiger partial charge is 0.496 e. The van der Waals surface area contributed by atoms with Gasteiger partial charge in [-0.3, -0.25) is 9.78 Å². The van der Waals surface area contributed by atoms with Gasteiger partial charge < -0.3 is 15.2 Å². The van der Waals surface area contributed by atoms with E-state index in [4.69, 9.17) is 4.74 Å². The van der Waals surface area contributed by atoms with Crippen LogP contribution in [0.25, 0.3) is 27.8 Å². The van der Waals surface area contributed by atoms with Crippen LogP contribution >= 0.6 is 0 Å². The van der Waals surface area contributed by atoms with Crippen molar-refractivity contribution in [2.24, 2.45) is 0 Å². The molecule has 1 atom stereocenters. The normalized spacial score (nSPS) is 11.9. The van der Waals surface area contributed by atoms with Crippen molar-refractivity contribution < 1.29 is 19.0 Å². The van der Waals surface area contributed by atoms with Gasteiger partial charge in [0.25, 0.3) is 5.91 Å². The topological polar surface area (TPSA) is 89.3 Å². The van der Waals surface area contributed by atoms with Crippen molar-refractivity contribution in [2.45, 2.75) is 6.04 Å². The highest BCUT2D eigenvalue weighted by Crippen LogP contribution is 2.32. The summed E-state index contributed by atoms with van der Waals surface area (Å²) in [5.41, 5.74) is 4.79. The van der Waals surface area contributed by atoms with Gasteiger partial charge >= 0.3 is 0 Å². The van der Waals surface area contributed by atoms with Crippen molar-refractivity contribution in [3.8, 4) is 22.6 Å². The molecule has 0 spiro atoms. The van der Waals surface area contributed by atoms with E-state index in [9.17, 15) is 14.3 Å². The lowest BCUT2D eigenvalue weighted by Gasteiger charge is -2.18. The number of amides is 1. The smallest absolute Gasteiger partial charge is 0.255 e. The second kappa shape index (κ2) is 9.97. The number of aliphatic hydroxyl groups is 1. The Balaban J connectivity index is 1.47. The molecule has 5 aromatic rings. The number of ether oxygens (including phenoxy) is 1. The third-order valence-corrected chi connectivity index (χ3v) is 5.94. The fourth-order valence-electron chi connectivity index (χ4n) is 4.08. The fraction of sp³-hybridized carbons (Fsp3) is 0.107. The van der Waals surface area contributed by atoms with E-state index in [1.54, 1.807) is 41.3 Å². The van der Waals surface area contributed by atoms with Gasteiger partial charge in [0.05, 0.1) is 37.2 Å². The van der Waals surface area contributed by atoms with Gasteiger partial charge in [-0.15, -0.1) is 0 Å². The lowest BCUT2D eigenvalue weighted by molar-refractivity contribution is 0.0913. The number of fused-ring (bicyclic) bond motifs is 1. The van der Waals surface area contributed by atoms with Gasteiger partial charge in [-0.05, 0) is 53.6 Å². The van der Waals surface area contributed by atoms with Gasteiger partial charge in [0.2, 0.25) is 0 Å². The third-order valence-electron chi connectivity index (χ3n) is 5.94. The zero-order valence-electron chi connectivity index (χ0n) is 19.4. The molecule has 0 fully saturated rings. The molecule has 0 saturated carbocycles. The minimum Gasteiger partial charge on any atom is -0.496 e. The molecule has 8 heteroatoms. The van der Waals surface area contributed by atoms with Gasteiger partial charge in [0, 0.05) is 11.8 Å². The van der Waals surface area contributed by atoms with Crippen LogP contribution in [-0.2, 0) is 0 Å². The minimum absolute atomic E-state index is 0.234. The Hall–Kier alpha value is -4.56. The first kappa shape index (κ1) is 23.2. The van der Waals surface area contributed by atoms with Crippen molar-refractivity contribution in [2.75, 3.05) is 13.7 Å². The SMILES string of the molecule is COc1cc(-c2ccnc3cn(-c4ccc(F)cc4)nc23)ccc1C(=O)N[C@H](CO)c1ccccc1. The molecule has 0 bridgehead atoms. The molecule has 36 heavy (non-hydrogen) atoms. The van der Waals surface area contributed by atoms with Gasteiger partial charge in [0.15, 0.2) is 0 Å². The molecule has 0 saturated heterocycles. The van der Waals surface area contributed by atoms with Crippen molar-refractivity contribution in [3.05, 3.63) is 108 Å². The summed E-state index contributed by atoms with van der Waals surface area (Å²) < 4.78 is 20.5. The summed E-state index contributed by atoms with van der Waals surface area (Å²) in [6.45, 7) is -0.234. The van der Waals surface area contributed by atoms with E-state index in [1.807, 2.05) is 42.5 Å². The molecule has 2 heterocycles. The molecule has 7 nitrogen and oxygen atoms in total. The lowest BCUT2D eigenvalue weighted by Crippen LogP contribution is -2.31. The molecule has 5 rings (SSSR count). The molecule has 2 aromatic heterocycles. The summed E-state index contributed by atoms with van der Waals surface area (Å²) in [5, 5.41) is 17.4. The average Bonchev–Trinajstić information content (AvgIpc) is 3.36. The minimum atomic E-state index is -0.543. The molecular weight excluding hydrogens is 459 g/mol. The van der Waals surface area contributed by atoms with Crippen molar-refractivity contribution in [1.82, 2.24) is 20.1 Å². The van der Waals surface area contributed by atoms with Crippen LogP contribution in [-0.4, -0.2) is 39.5 Å². The van der Waals surface area contributed by atoms with Crippen LogP contribution in [0.4, 0.5) is 4.39 Å². The predicted octanol–water partition coefficient (Wildman–Crippen LogP) is 4.70. The van der Waals surface area contributed by atoms with Crippen molar-refractivity contribution in [3.63, 3.8) is 0 Å². The maximum Gasteiger partial charge on any atom is 0.255 e. The maximum absolute atomic E-state index is 13.3. The Morgan fingerprint density at radius 3 is 2.58 bits per heavy atom. The first-order chi connectivity index (χ1) is 17.6. The summed E-state index contributed by atoms with van der Waals surface area (Å²) in [7, 11) is 1.50. The molecule has 0 radical (unpaired) electrons. The van der Waals surface area contributed by atoms with E-state index in [0.29, 0.717) is 28.0 Å². The first-order valence-corrected chi connectivity index (χ1v) is 11.3. The van der Waals surface area contributed by atoms with Gasteiger partial charge in [-0.2, -0.15) is 5.10 Å². The predicted molar refractivity (Wildman–Crippen MR) is 135 cm³/mol. The molecule has 2 N–H and O–H groups in total. The zero-order chi connectivity index (χ0) is 25.1. The van der Waals surface area contributed by atoms with E-state index < -0.39 is 6.04 Å². The Labute approximate surface area is 206 Å². The van der Waals surface area contributed by atoms with E-state index in [1.165, 1.54) is 19.2 Å². The molecule has 1 amide bonds. The van der Waals surface area contributed by atoms with Gasteiger partial charge in [0.1, 0.15) is 22.6 Å². The number of methoxy groups -OCH3 is 1. The summed E-state index contributed by atoms with van der Waals surface area (Å²) in [6.07, 6.45) is 3.47. The average molecular weight is 483 g/mol. The van der Waals surface area contributed by atoms with Crippen molar-refractivity contribution >= 4 is 16.9 Å². The van der Waals surface area contributed by atoms with E-state index in [2.05, 4.69) is 15.4 Å². The third kappa shape index (κ3) is 4.54. The molecule has 0 aliphatic carbocycles. The highest BCUT2D eigenvalue weighted by Gasteiger charge is 2.19. The first-order valence-electron chi connectivity index (χ1n) is 11.3. The number of benzene rings is 3. The van der Waals surface area contributed by atoms with Crippen LogP contribution in [0, 0.1) is 5.82 Å². The maximum atomic E-state index is 13.3. The summed E-state index contributed by atoms with van der Waals surface area (Å²) in [6, 6.07) is 21.9. The van der Waals surface area contributed by atoms with E-state index in [-0.39, 0.29) is 18.3 Å². The molecular formula is C28H23FN4O3. The van der Waals surface area contributed by atoms with E-state index >= 15 is 0 Å². The van der Waals surface area contributed by atoms with Crippen LogP contribution < -0.4 is 10.1 Å². The molecule has 0 aliphatic heterocycles. The lowest BCUT2D eigenvalue weighted by atomic mass is 10.0. The van der Waals surface area contributed by atoms with Crippen LogP contribution in [0.15, 0.2) is 91.3 Å². The Bertz CT molecular complexity index is 1520. The molecule has 180 valence electrons. The standard InChI is InChI=1S/C28H23FN4O3/c1-36-26-15-19(7-12-23(26)28(35)31-25(17-34)18-5-3-2-4-6-18)22-13-14-30-24-16-33(32-27(22)24)21-10-8-20(29)9-11-21/h2-16,25,34H,17H2,1H3,(H,31,35)/t25-/m1/s1. The number of carbonyl (C=O) groups excluding carboxylic acids is 1. The fourth-order valence-corrected chi connectivity index (χ4v) is 4.08. The number of rotatable bonds is 7. The number of hydrogen-bond donors (Lipinski definition) is 2. The molecule has 0 unspecified atom stereocenters. The van der Waals surface area contributed by atoms with Crippen LogP contribution in [0.5, 0.6) is 5.75 Å². The van der Waals surface area contributed by atoms with Gasteiger partial charge in [-0.25, -0.2) is 9.07 Å². The Kier molecular flexibility index (Phi) is 6.42. The van der Waals surface area contributed by atoms with Crippen LogP contribution in [0.3, 0.4) is 0 Å². The monoisotopic (exact) mass is 482 g/mol. The number of aromatic nitrogens is 3. The highest BCUT2D eigenvalue weighted by atomic mass is 19.1.